The Morgan fingerprint density at radius 2 is 1.78 bits per heavy atom. The van der Waals surface area contributed by atoms with Crippen LogP contribution in [0.15, 0.2) is 30.3 Å². The van der Waals surface area contributed by atoms with E-state index in [2.05, 4.69) is 75.1 Å². The molecule has 0 fully saturated rings. The van der Waals surface area contributed by atoms with Gasteiger partial charge in [0.2, 0.25) is 0 Å². The van der Waals surface area contributed by atoms with Crippen LogP contribution in [0, 0.1) is 5.92 Å². The van der Waals surface area contributed by atoms with E-state index in [1.165, 1.54) is 12.0 Å². The summed E-state index contributed by atoms with van der Waals surface area (Å²) in [4.78, 5) is 0. The maximum Gasteiger partial charge on any atom is 0.0411 e. The average molecular weight is 265 g/mol. The van der Waals surface area contributed by atoms with Gasteiger partial charge >= 0.3 is 0 Å². The van der Waals surface area contributed by atoms with Gasteiger partial charge < -0.3 is 5.32 Å². The van der Waals surface area contributed by atoms with E-state index in [0.29, 0.717) is 6.04 Å². The zero-order valence-corrected chi connectivity index (χ0v) is 13.0. The van der Waals surface area contributed by atoms with Crippen molar-refractivity contribution < 1.29 is 0 Å². The number of thioether (sulfide) groups is 1. The molecule has 0 aliphatic rings. The summed E-state index contributed by atoms with van der Waals surface area (Å²) in [6.45, 7) is 10.2. The van der Waals surface area contributed by atoms with Crippen LogP contribution in [0.3, 0.4) is 0 Å². The largest absolute Gasteiger partial charge is 0.309 e. The molecular weight excluding hydrogens is 238 g/mol. The lowest BCUT2D eigenvalue weighted by Crippen LogP contribution is -2.25. The summed E-state index contributed by atoms with van der Waals surface area (Å²) in [5.74, 6) is 1.90. The van der Waals surface area contributed by atoms with Gasteiger partial charge in [0.15, 0.2) is 0 Å². The van der Waals surface area contributed by atoms with Crippen LogP contribution in [-0.4, -0.2) is 17.5 Å². The molecular formula is C16H27NS. The number of nitrogens with one attached hydrogen (secondary N) is 1. The van der Waals surface area contributed by atoms with Crippen molar-refractivity contribution in [2.45, 2.75) is 45.4 Å². The zero-order chi connectivity index (χ0) is 13.4. The van der Waals surface area contributed by atoms with Gasteiger partial charge in [-0.15, -0.1) is 0 Å². The van der Waals surface area contributed by atoms with Crippen molar-refractivity contribution in [2.75, 3.05) is 12.3 Å². The predicted molar refractivity (Wildman–Crippen MR) is 84.2 cm³/mol. The maximum atomic E-state index is 3.66. The molecule has 1 aromatic rings. The average Bonchev–Trinajstić information content (AvgIpc) is 2.39. The first-order valence-electron chi connectivity index (χ1n) is 7.05. The van der Waals surface area contributed by atoms with E-state index < -0.39 is 0 Å². The minimum atomic E-state index is 0.484. The molecule has 1 rings (SSSR count). The molecule has 1 N–H and O–H groups in total. The molecule has 0 spiro atoms. The van der Waals surface area contributed by atoms with E-state index in [9.17, 15) is 0 Å². The first kappa shape index (κ1) is 15.6. The van der Waals surface area contributed by atoms with Gasteiger partial charge in [-0.2, -0.15) is 11.8 Å². The highest BCUT2D eigenvalue weighted by Crippen LogP contribution is 2.25. The Morgan fingerprint density at radius 3 is 2.33 bits per heavy atom. The third-order valence-corrected chi connectivity index (χ3v) is 4.90. The van der Waals surface area contributed by atoms with E-state index in [4.69, 9.17) is 0 Å². The summed E-state index contributed by atoms with van der Waals surface area (Å²) in [7, 11) is 0. The van der Waals surface area contributed by atoms with Gasteiger partial charge in [-0.05, 0) is 24.4 Å². The lowest BCUT2D eigenvalue weighted by Gasteiger charge is -2.22. The molecule has 0 heterocycles. The summed E-state index contributed by atoms with van der Waals surface area (Å²) in [6, 6.07) is 11.3. The van der Waals surface area contributed by atoms with E-state index >= 15 is 0 Å². The van der Waals surface area contributed by atoms with Crippen LogP contribution in [-0.2, 0) is 0 Å². The number of benzene rings is 1. The van der Waals surface area contributed by atoms with Crippen molar-refractivity contribution in [3.05, 3.63) is 35.9 Å². The molecule has 2 heteroatoms. The van der Waals surface area contributed by atoms with Crippen LogP contribution in [0.25, 0.3) is 0 Å². The van der Waals surface area contributed by atoms with E-state index in [1.807, 2.05) is 0 Å². The molecule has 102 valence electrons. The molecule has 1 aromatic carbocycles. The van der Waals surface area contributed by atoms with Gasteiger partial charge in [-0.25, -0.2) is 0 Å². The third-order valence-electron chi connectivity index (χ3n) is 3.31. The minimum Gasteiger partial charge on any atom is -0.309 e. The Morgan fingerprint density at radius 1 is 1.11 bits per heavy atom. The van der Waals surface area contributed by atoms with Crippen molar-refractivity contribution in [3.63, 3.8) is 0 Å². The fraction of sp³-hybridized carbons (Fsp3) is 0.625. The second kappa shape index (κ2) is 8.60. The van der Waals surface area contributed by atoms with Gasteiger partial charge in [0.1, 0.15) is 0 Å². The summed E-state index contributed by atoms with van der Waals surface area (Å²) >= 11 is 2.08. The molecule has 0 bridgehead atoms. The lowest BCUT2D eigenvalue weighted by atomic mass is 10.1. The van der Waals surface area contributed by atoms with Crippen LogP contribution < -0.4 is 5.32 Å². The second-order valence-electron chi connectivity index (χ2n) is 5.20. The Bertz CT molecular complexity index is 310. The van der Waals surface area contributed by atoms with Crippen molar-refractivity contribution in [2.24, 2.45) is 5.92 Å². The second-order valence-corrected chi connectivity index (χ2v) is 6.61. The Labute approximate surface area is 117 Å². The van der Waals surface area contributed by atoms with Crippen LogP contribution >= 0.6 is 11.8 Å². The molecule has 2 unspecified atom stereocenters. The van der Waals surface area contributed by atoms with Gasteiger partial charge in [-0.1, -0.05) is 58.0 Å². The van der Waals surface area contributed by atoms with Crippen molar-refractivity contribution in [1.29, 1.82) is 0 Å². The number of hydrogen-bond acceptors (Lipinski definition) is 2. The normalized spacial score (nSPS) is 14.7. The Balaban J connectivity index is 2.56. The van der Waals surface area contributed by atoms with E-state index in [-0.39, 0.29) is 0 Å². The standard InChI is InChI=1S/C16H27NS/c1-5-11-17-16(12-18-14(4)13(2)3)15-9-7-6-8-10-15/h6-10,13-14,16-17H,5,11-12H2,1-4H3. The van der Waals surface area contributed by atoms with E-state index in [0.717, 1.165) is 23.5 Å². The summed E-state index contributed by atoms with van der Waals surface area (Å²) in [5, 5.41) is 4.38. The Hall–Kier alpha value is -0.470. The fourth-order valence-electron chi connectivity index (χ4n) is 1.72. The van der Waals surface area contributed by atoms with Gasteiger partial charge in [0.25, 0.3) is 0 Å². The molecule has 0 amide bonds. The van der Waals surface area contributed by atoms with Crippen LogP contribution in [0.4, 0.5) is 0 Å². The monoisotopic (exact) mass is 265 g/mol. The molecule has 1 nitrogen and oxygen atoms in total. The Kier molecular flexibility index (Phi) is 7.45. The molecule has 0 aliphatic carbocycles. The van der Waals surface area contributed by atoms with Gasteiger partial charge in [0.05, 0.1) is 0 Å². The maximum absolute atomic E-state index is 3.66. The summed E-state index contributed by atoms with van der Waals surface area (Å²) in [5.41, 5.74) is 1.41. The highest BCUT2D eigenvalue weighted by atomic mass is 32.2. The zero-order valence-electron chi connectivity index (χ0n) is 12.1. The first-order chi connectivity index (χ1) is 8.65. The summed E-state index contributed by atoms with van der Waals surface area (Å²) < 4.78 is 0. The topological polar surface area (TPSA) is 12.0 Å². The van der Waals surface area contributed by atoms with E-state index in [1.54, 1.807) is 0 Å². The minimum absolute atomic E-state index is 0.484. The SMILES string of the molecule is CCCNC(CSC(C)C(C)C)c1ccccc1. The van der Waals surface area contributed by atoms with Crippen LogP contribution in [0.1, 0.15) is 45.7 Å². The van der Waals surface area contributed by atoms with Crippen molar-refractivity contribution >= 4 is 11.8 Å². The quantitative estimate of drug-likeness (QED) is 0.742. The predicted octanol–water partition coefficient (Wildman–Crippen LogP) is 4.51. The van der Waals surface area contributed by atoms with Crippen molar-refractivity contribution in [1.82, 2.24) is 5.32 Å². The smallest absolute Gasteiger partial charge is 0.0411 e. The molecule has 0 saturated carbocycles. The van der Waals surface area contributed by atoms with Gasteiger partial charge in [-0.3, -0.25) is 0 Å². The van der Waals surface area contributed by atoms with Crippen LogP contribution in [0.2, 0.25) is 0 Å². The van der Waals surface area contributed by atoms with Gasteiger partial charge in [0, 0.05) is 17.0 Å². The number of hydrogen-bond donors (Lipinski definition) is 1. The fourth-order valence-corrected chi connectivity index (χ4v) is 2.91. The number of rotatable bonds is 8. The highest BCUT2D eigenvalue weighted by molar-refractivity contribution is 7.99. The molecule has 0 aliphatic heterocycles. The summed E-state index contributed by atoms with van der Waals surface area (Å²) in [6.07, 6.45) is 1.19. The third kappa shape index (κ3) is 5.45. The van der Waals surface area contributed by atoms with Crippen molar-refractivity contribution in [3.8, 4) is 0 Å². The molecule has 2 atom stereocenters. The van der Waals surface area contributed by atoms with Crippen LogP contribution in [0.5, 0.6) is 0 Å². The highest BCUT2D eigenvalue weighted by Gasteiger charge is 2.14. The molecule has 0 aromatic heterocycles. The lowest BCUT2D eigenvalue weighted by molar-refractivity contribution is 0.573. The molecule has 0 radical (unpaired) electrons. The molecule has 18 heavy (non-hydrogen) atoms. The first-order valence-corrected chi connectivity index (χ1v) is 8.10. The molecule has 0 saturated heterocycles.